The molecule has 3 aromatic heterocycles. The SMILES string of the molecule is CC1(C)c2cnccc2-n2c3ccc(-c4ccc(-n5c6ccccc6c6ccccc65)cc4)cc3c3cccc1c32. The molecule has 0 spiro atoms. The van der Waals surface area contributed by atoms with Crippen molar-refractivity contribution in [3.05, 3.63) is 139 Å². The summed E-state index contributed by atoms with van der Waals surface area (Å²) in [5.74, 6) is 0. The zero-order valence-corrected chi connectivity index (χ0v) is 23.0. The number of fused-ring (bicyclic) bond motifs is 8. The second-order valence-corrected chi connectivity index (χ2v) is 11.7. The van der Waals surface area contributed by atoms with E-state index < -0.39 is 0 Å². The summed E-state index contributed by atoms with van der Waals surface area (Å²) in [7, 11) is 0. The van der Waals surface area contributed by atoms with Crippen LogP contribution < -0.4 is 0 Å². The summed E-state index contributed by atoms with van der Waals surface area (Å²) in [6, 6.07) is 42.2. The van der Waals surface area contributed by atoms with Crippen LogP contribution in [0.2, 0.25) is 0 Å². The molecule has 0 aliphatic carbocycles. The number of para-hydroxylation sites is 3. The van der Waals surface area contributed by atoms with Gasteiger partial charge in [0.05, 0.1) is 27.8 Å². The highest BCUT2D eigenvalue weighted by atomic mass is 15.0. The lowest BCUT2D eigenvalue weighted by atomic mass is 9.75. The molecule has 8 aromatic rings. The van der Waals surface area contributed by atoms with Crippen LogP contribution in [-0.2, 0) is 5.41 Å². The Morgan fingerprint density at radius 1 is 0.537 bits per heavy atom. The first-order chi connectivity index (χ1) is 20.1. The van der Waals surface area contributed by atoms with Crippen LogP contribution in [0.15, 0.2) is 128 Å². The Kier molecular flexibility index (Phi) is 4.39. The summed E-state index contributed by atoms with van der Waals surface area (Å²) < 4.78 is 4.81. The molecule has 0 atom stereocenters. The maximum atomic E-state index is 4.49. The largest absolute Gasteiger partial charge is 0.309 e. The zero-order valence-electron chi connectivity index (χ0n) is 23.0. The Balaban J connectivity index is 1.22. The summed E-state index contributed by atoms with van der Waals surface area (Å²) in [5, 5.41) is 5.15. The van der Waals surface area contributed by atoms with E-state index in [0.717, 1.165) is 0 Å². The summed E-state index contributed by atoms with van der Waals surface area (Å²) in [6.07, 6.45) is 3.95. The molecule has 0 radical (unpaired) electrons. The Hall–Kier alpha value is -5.15. The molecule has 1 aliphatic rings. The van der Waals surface area contributed by atoms with E-state index in [4.69, 9.17) is 0 Å². The molecule has 0 saturated heterocycles. The van der Waals surface area contributed by atoms with Gasteiger partial charge in [0.25, 0.3) is 0 Å². The van der Waals surface area contributed by atoms with Gasteiger partial charge in [-0.2, -0.15) is 0 Å². The van der Waals surface area contributed by atoms with Crippen LogP contribution in [0.25, 0.3) is 66.1 Å². The predicted molar refractivity (Wildman–Crippen MR) is 170 cm³/mol. The minimum Gasteiger partial charge on any atom is -0.309 e. The molecule has 9 rings (SSSR count). The second kappa shape index (κ2) is 7.96. The lowest BCUT2D eigenvalue weighted by Crippen LogP contribution is -2.26. The molecule has 3 nitrogen and oxygen atoms in total. The van der Waals surface area contributed by atoms with E-state index in [9.17, 15) is 0 Å². The maximum Gasteiger partial charge on any atom is 0.0582 e. The van der Waals surface area contributed by atoms with Crippen LogP contribution in [0.1, 0.15) is 25.0 Å². The number of aromatic nitrogens is 3. The van der Waals surface area contributed by atoms with Crippen LogP contribution in [0.5, 0.6) is 0 Å². The van der Waals surface area contributed by atoms with Gasteiger partial charge in [-0.3, -0.25) is 4.98 Å². The van der Waals surface area contributed by atoms with E-state index in [-0.39, 0.29) is 5.41 Å². The highest BCUT2D eigenvalue weighted by Gasteiger charge is 2.35. The Bertz CT molecular complexity index is 2280. The summed E-state index contributed by atoms with van der Waals surface area (Å²) in [5.41, 5.74) is 12.4. The third kappa shape index (κ3) is 2.95. The van der Waals surface area contributed by atoms with E-state index in [0.29, 0.717) is 0 Å². The first-order valence-corrected chi connectivity index (χ1v) is 14.2. The van der Waals surface area contributed by atoms with E-state index in [1.165, 1.54) is 77.2 Å². The molecule has 4 heterocycles. The molecule has 0 saturated carbocycles. The average Bonchev–Trinajstić information content (AvgIpc) is 3.53. The van der Waals surface area contributed by atoms with Crippen LogP contribution >= 0.6 is 0 Å². The molecule has 0 unspecified atom stereocenters. The fourth-order valence-corrected chi connectivity index (χ4v) is 7.22. The zero-order chi connectivity index (χ0) is 27.3. The first-order valence-electron chi connectivity index (χ1n) is 14.2. The molecule has 1 aliphatic heterocycles. The minimum absolute atomic E-state index is 0.112. The summed E-state index contributed by atoms with van der Waals surface area (Å²) >= 11 is 0. The molecule has 41 heavy (non-hydrogen) atoms. The van der Waals surface area contributed by atoms with Crippen LogP contribution in [0, 0.1) is 0 Å². The van der Waals surface area contributed by atoms with Gasteiger partial charge in [0.2, 0.25) is 0 Å². The van der Waals surface area contributed by atoms with Crippen molar-refractivity contribution in [1.29, 1.82) is 0 Å². The lowest BCUT2D eigenvalue weighted by Gasteiger charge is -2.34. The number of benzene rings is 5. The molecule has 0 bridgehead atoms. The van der Waals surface area contributed by atoms with Crippen molar-refractivity contribution >= 4 is 43.6 Å². The molecule has 0 fully saturated rings. The van der Waals surface area contributed by atoms with Gasteiger partial charge in [-0.25, -0.2) is 0 Å². The Morgan fingerprint density at radius 2 is 1.20 bits per heavy atom. The highest BCUT2D eigenvalue weighted by Crippen LogP contribution is 2.47. The van der Waals surface area contributed by atoms with Gasteiger partial charge in [-0.15, -0.1) is 0 Å². The lowest BCUT2D eigenvalue weighted by molar-refractivity contribution is 0.626. The van der Waals surface area contributed by atoms with Crippen molar-refractivity contribution < 1.29 is 0 Å². The third-order valence-electron chi connectivity index (χ3n) is 9.21. The van der Waals surface area contributed by atoms with E-state index in [2.05, 4.69) is 143 Å². The van der Waals surface area contributed by atoms with Crippen molar-refractivity contribution in [2.75, 3.05) is 0 Å². The first kappa shape index (κ1) is 22.6. The van der Waals surface area contributed by atoms with Gasteiger partial charge < -0.3 is 9.13 Å². The number of hydrogen-bond donors (Lipinski definition) is 0. The average molecular weight is 526 g/mol. The van der Waals surface area contributed by atoms with Crippen LogP contribution in [0.4, 0.5) is 0 Å². The van der Waals surface area contributed by atoms with Crippen LogP contribution in [0.3, 0.4) is 0 Å². The van der Waals surface area contributed by atoms with Crippen LogP contribution in [-0.4, -0.2) is 14.1 Å². The minimum atomic E-state index is -0.112. The molecular weight excluding hydrogens is 498 g/mol. The van der Waals surface area contributed by atoms with Gasteiger partial charge in [-0.1, -0.05) is 86.6 Å². The van der Waals surface area contributed by atoms with Gasteiger partial charge in [-0.05, 0) is 59.2 Å². The van der Waals surface area contributed by atoms with Crippen molar-refractivity contribution in [2.45, 2.75) is 19.3 Å². The summed E-state index contributed by atoms with van der Waals surface area (Å²) in [4.78, 5) is 4.49. The van der Waals surface area contributed by atoms with E-state index in [1.54, 1.807) is 0 Å². The Labute approximate surface area is 237 Å². The number of hydrogen-bond acceptors (Lipinski definition) is 1. The second-order valence-electron chi connectivity index (χ2n) is 11.7. The molecule has 5 aromatic carbocycles. The summed E-state index contributed by atoms with van der Waals surface area (Å²) in [6.45, 7) is 4.63. The maximum absolute atomic E-state index is 4.49. The number of rotatable bonds is 2. The molecule has 0 N–H and O–H groups in total. The monoisotopic (exact) mass is 525 g/mol. The van der Waals surface area contributed by atoms with Crippen molar-refractivity contribution in [2.24, 2.45) is 0 Å². The number of pyridine rings is 1. The third-order valence-corrected chi connectivity index (χ3v) is 9.21. The Morgan fingerprint density at radius 3 is 1.95 bits per heavy atom. The quantitative estimate of drug-likeness (QED) is 0.220. The molecular formula is C38H27N3. The fourth-order valence-electron chi connectivity index (χ4n) is 7.22. The number of nitrogens with zero attached hydrogens (tertiary/aromatic N) is 3. The van der Waals surface area contributed by atoms with Gasteiger partial charge >= 0.3 is 0 Å². The van der Waals surface area contributed by atoms with Gasteiger partial charge in [0.1, 0.15) is 0 Å². The smallest absolute Gasteiger partial charge is 0.0582 e. The van der Waals surface area contributed by atoms with E-state index in [1.807, 2.05) is 12.4 Å². The highest BCUT2D eigenvalue weighted by molar-refractivity contribution is 6.13. The molecule has 0 amide bonds. The van der Waals surface area contributed by atoms with Gasteiger partial charge in [0, 0.05) is 50.6 Å². The standard InChI is InChI=1S/C38H27N3/c1-38(2)31-11-7-10-29-30-22-25(16-19-35(30)41(37(29)31)36-20-21-39-23-32(36)38)24-14-17-26(18-15-24)40-33-12-5-3-8-27(33)28-9-4-6-13-34(28)40/h3-23H,1-2H3. The fraction of sp³-hybridized carbons (Fsp3) is 0.0789. The van der Waals surface area contributed by atoms with Crippen molar-refractivity contribution in [3.63, 3.8) is 0 Å². The molecule has 3 heteroatoms. The molecule has 194 valence electrons. The van der Waals surface area contributed by atoms with Crippen molar-refractivity contribution in [3.8, 4) is 22.5 Å². The van der Waals surface area contributed by atoms with Gasteiger partial charge in [0.15, 0.2) is 0 Å². The van der Waals surface area contributed by atoms with E-state index >= 15 is 0 Å². The predicted octanol–water partition coefficient (Wildman–Crippen LogP) is 9.58. The topological polar surface area (TPSA) is 22.8 Å². The normalized spacial score (nSPS) is 13.8. The van der Waals surface area contributed by atoms with Crippen molar-refractivity contribution in [1.82, 2.24) is 14.1 Å².